The maximum atomic E-state index is 13.0. The number of rotatable bonds is 3. The van der Waals surface area contributed by atoms with Gasteiger partial charge < -0.3 is 11.5 Å². The summed E-state index contributed by atoms with van der Waals surface area (Å²) >= 11 is 1.08. The number of thioether (sulfide) groups is 1. The van der Waals surface area contributed by atoms with Crippen molar-refractivity contribution >= 4 is 29.4 Å². The van der Waals surface area contributed by atoms with Gasteiger partial charge in [0.1, 0.15) is 5.82 Å². The van der Waals surface area contributed by atoms with E-state index in [-0.39, 0.29) is 5.69 Å². The molecule has 1 atom stereocenters. The van der Waals surface area contributed by atoms with Crippen molar-refractivity contribution in [1.82, 2.24) is 5.32 Å². The third-order valence-corrected chi connectivity index (χ3v) is 2.90. The molecule has 0 aromatic heterocycles. The van der Waals surface area contributed by atoms with Gasteiger partial charge in [0, 0.05) is 10.6 Å². The second-order valence-corrected chi connectivity index (χ2v) is 4.75. The molecule has 5 N–H and O–H groups in total. The van der Waals surface area contributed by atoms with Crippen LogP contribution in [0.15, 0.2) is 23.1 Å². The second-order valence-electron chi connectivity index (χ2n) is 3.33. The van der Waals surface area contributed by atoms with E-state index >= 15 is 0 Å². The summed E-state index contributed by atoms with van der Waals surface area (Å²) in [6.45, 7) is 1.57. The van der Waals surface area contributed by atoms with Crippen LogP contribution in [0.5, 0.6) is 0 Å². The zero-order chi connectivity index (χ0) is 13.0. The van der Waals surface area contributed by atoms with Crippen molar-refractivity contribution in [3.05, 3.63) is 24.0 Å². The minimum atomic E-state index is -0.916. The highest BCUT2D eigenvalue weighted by molar-refractivity contribution is 8.00. The molecule has 1 aromatic rings. The van der Waals surface area contributed by atoms with Crippen LogP contribution in [0, 0.1) is 5.82 Å². The van der Waals surface area contributed by atoms with E-state index in [0.29, 0.717) is 4.90 Å². The predicted molar refractivity (Wildman–Crippen MR) is 63.9 cm³/mol. The van der Waals surface area contributed by atoms with Gasteiger partial charge in [0.05, 0.1) is 5.25 Å². The van der Waals surface area contributed by atoms with Crippen LogP contribution in [-0.4, -0.2) is 17.2 Å². The van der Waals surface area contributed by atoms with E-state index in [1.807, 2.05) is 5.32 Å². The average Bonchev–Trinajstić information content (AvgIpc) is 2.14. The van der Waals surface area contributed by atoms with Crippen molar-refractivity contribution in [2.45, 2.75) is 17.1 Å². The smallest absolute Gasteiger partial charge is 0.318 e. The molecule has 1 unspecified atom stereocenters. The molecule has 0 radical (unpaired) electrons. The van der Waals surface area contributed by atoms with E-state index in [4.69, 9.17) is 11.5 Å². The van der Waals surface area contributed by atoms with Crippen molar-refractivity contribution in [3.8, 4) is 0 Å². The van der Waals surface area contributed by atoms with Gasteiger partial charge in [-0.25, -0.2) is 9.18 Å². The molecular formula is C10H12FN3O2S. The molecule has 17 heavy (non-hydrogen) atoms. The van der Waals surface area contributed by atoms with Gasteiger partial charge in [0.25, 0.3) is 0 Å². The molecule has 1 aromatic carbocycles. The highest BCUT2D eigenvalue weighted by atomic mass is 32.2. The van der Waals surface area contributed by atoms with Gasteiger partial charge in [-0.05, 0) is 25.1 Å². The first kappa shape index (κ1) is 13.3. The first-order valence-electron chi connectivity index (χ1n) is 4.71. The normalized spacial score (nSPS) is 11.9. The lowest BCUT2D eigenvalue weighted by Crippen LogP contribution is -2.39. The molecule has 3 amide bonds. The first-order chi connectivity index (χ1) is 7.88. The molecule has 0 aliphatic rings. The highest BCUT2D eigenvalue weighted by Gasteiger charge is 2.16. The fourth-order valence-corrected chi connectivity index (χ4v) is 2.09. The van der Waals surface area contributed by atoms with Gasteiger partial charge in [0.15, 0.2) is 0 Å². The lowest BCUT2D eigenvalue weighted by atomic mass is 10.3. The second kappa shape index (κ2) is 5.53. The molecule has 1 rings (SSSR count). The Kier molecular flexibility index (Phi) is 4.33. The van der Waals surface area contributed by atoms with E-state index in [2.05, 4.69) is 0 Å². The number of nitrogens with one attached hydrogen (secondary N) is 1. The largest absolute Gasteiger partial charge is 0.399 e. The van der Waals surface area contributed by atoms with Crippen LogP contribution >= 0.6 is 11.8 Å². The van der Waals surface area contributed by atoms with Crippen molar-refractivity contribution in [1.29, 1.82) is 0 Å². The van der Waals surface area contributed by atoms with Gasteiger partial charge in [-0.15, -0.1) is 11.8 Å². The standard InChI is InChI=1S/C10H12FN3O2S/c1-5(9(15)14-10(13)16)17-8-3-6(11)2-7(12)4-8/h2-5H,12H2,1H3,(H3,13,14,15,16). The summed E-state index contributed by atoms with van der Waals surface area (Å²) < 4.78 is 13.0. The molecule has 92 valence electrons. The highest BCUT2D eigenvalue weighted by Crippen LogP contribution is 2.26. The van der Waals surface area contributed by atoms with Crippen molar-refractivity contribution < 1.29 is 14.0 Å². The van der Waals surface area contributed by atoms with Crippen LogP contribution in [0.25, 0.3) is 0 Å². The maximum absolute atomic E-state index is 13.0. The number of nitrogens with two attached hydrogens (primary N) is 2. The SMILES string of the molecule is CC(Sc1cc(N)cc(F)c1)C(=O)NC(N)=O. The fourth-order valence-electron chi connectivity index (χ4n) is 1.13. The van der Waals surface area contributed by atoms with Gasteiger partial charge in [-0.1, -0.05) is 0 Å². The number of primary amides is 1. The Morgan fingerprint density at radius 1 is 1.41 bits per heavy atom. The van der Waals surface area contributed by atoms with Crippen LogP contribution in [-0.2, 0) is 4.79 Å². The summed E-state index contributed by atoms with van der Waals surface area (Å²) in [5, 5.41) is 1.37. The van der Waals surface area contributed by atoms with Crippen LogP contribution in [0.2, 0.25) is 0 Å². The number of urea groups is 1. The van der Waals surface area contributed by atoms with Crippen LogP contribution < -0.4 is 16.8 Å². The number of anilines is 1. The zero-order valence-electron chi connectivity index (χ0n) is 9.07. The lowest BCUT2D eigenvalue weighted by Gasteiger charge is -2.10. The molecule has 0 bridgehead atoms. The quantitative estimate of drug-likeness (QED) is 0.557. The molecule has 0 spiro atoms. The van der Waals surface area contributed by atoms with Gasteiger partial charge in [0.2, 0.25) is 5.91 Å². The summed E-state index contributed by atoms with van der Waals surface area (Å²) in [6, 6.07) is 3.07. The van der Waals surface area contributed by atoms with Crippen LogP contribution in [0.3, 0.4) is 0 Å². The Labute approximate surface area is 102 Å². The van der Waals surface area contributed by atoms with Crippen molar-refractivity contribution in [3.63, 3.8) is 0 Å². The van der Waals surface area contributed by atoms with Gasteiger partial charge in [-0.3, -0.25) is 10.1 Å². The molecule has 0 saturated heterocycles. The third kappa shape index (κ3) is 4.31. The molecular weight excluding hydrogens is 245 g/mol. The molecule has 5 nitrogen and oxygen atoms in total. The number of hydrogen-bond acceptors (Lipinski definition) is 4. The van der Waals surface area contributed by atoms with Crippen molar-refractivity contribution in [2.24, 2.45) is 5.73 Å². The van der Waals surface area contributed by atoms with Crippen LogP contribution in [0.4, 0.5) is 14.9 Å². The van der Waals surface area contributed by atoms with E-state index < -0.39 is 23.0 Å². The minimum absolute atomic E-state index is 0.273. The molecule has 0 aliphatic heterocycles. The lowest BCUT2D eigenvalue weighted by molar-refractivity contribution is -0.119. The number of carbonyl (C=O) groups excluding carboxylic acids is 2. The fraction of sp³-hybridized carbons (Fsp3) is 0.200. The number of imide groups is 1. The number of benzene rings is 1. The Balaban J connectivity index is 2.70. The van der Waals surface area contributed by atoms with Crippen LogP contribution in [0.1, 0.15) is 6.92 Å². The molecule has 0 fully saturated rings. The summed E-state index contributed by atoms with van der Waals surface area (Å²) in [7, 11) is 0. The van der Waals surface area contributed by atoms with E-state index in [0.717, 1.165) is 11.8 Å². The Morgan fingerprint density at radius 3 is 2.59 bits per heavy atom. The Morgan fingerprint density at radius 2 is 2.06 bits per heavy atom. The number of nitrogen functional groups attached to an aromatic ring is 1. The monoisotopic (exact) mass is 257 g/mol. The maximum Gasteiger partial charge on any atom is 0.318 e. The predicted octanol–water partition coefficient (Wildman–Crippen LogP) is 1.08. The summed E-state index contributed by atoms with van der Waals surface area (Å²) in [4.78, 5) is 22.4. The topological polar surface area (TPSA) is 98.2 Å². The third-order valence-electron chi connectivity index (χ3n) is 1.82. The van der Waals surface area contributed by atoms with Crippen molar-refractivity contribution in [2.75, 3.05) is 5.73 Å². The van der Waals surface area contributed by atoms with E-state index in [1.165, 1.54) is 12.1 Å². The Bertz CT molecular complexity index is 433. The molecule has 7 heteroatoms. The number of halogens is 1. The Hall–Kier alpha value is -1.76. The zero-order valence-corrected chi connectivity index (χ0v) is 9.88. The molecule has 0 saturated carbocycles. The van der Waals surface area contributed by atoms with Gasteiger partial charge >= 0.3 is 6.03 Å². The summed E-state index contributed by atoms with van der Waals surface area (Å²) in [5.41, 5.74) is 10.5. The van der Waals surface area contributed by atoms with E-state index in [1.54, 1.807) is 13.0 Å². The van der Waals surface area contributed by atoms with E-state index in [9.17, 15) is 14.0 Å². The number of hydrogen-bond donors (Lipinski definition) is 3. The summed E-state index contributed by atoms with van der Waals surface area (Å²) in [6.07, 6.45) is 0. The minimum Gasteiger partial charge on any atom is -0.399 e. The number of carbonyl (C=O) groups is 2. The van der Waals surface area contributed by atoms with Gasteiger partial charge in [-0.2, -0.15) is 0 Å². The molecule has 0 heterocycles. The first-order valence-corrected chi connectivity index (χ1v) is 5.59. The summed E-state index contributed by atoms with van der Waals surface area (Å²) in [5.74, 6) is -1.01. The number of amides is 3. The molecule has 0 aliphatic carbocycles. The average molecular weight is 257 g/mol.